The number of pyridine rings is 2. The Morgan fingerprint density at radius 3 is 2.65 bits per heavy atom. The summed E-state index contributed by atoms with van der Waals surface area (Å²) in [6.07, 6.45) is 4.53. The molecule has 0 aliphatic heterocycles. The van der Waals surface area contributed by atoms with Gasteiger partial charge in [0.15, 0.2) is 0 Å². The molecule has 0 fully saturated rings. The third-order valence-electron chi connectivity index (χ3n) is 2.36. The maximum absolute atomic E-state index is 12.4. The highest BCUT2D eigenvalue weighted by atomic mass is 79.9. The molecule has 0 aromatic carbocycles. The number of anilines is 2. The summed E-state index contributed by atoms with van der Waals surface area (Å²) in [5.74, 6) is 0.269. The van der Waals surface area contributed by atoms with Crippen LogP contribution in [0.1, 0.15) is 0 Å². The first kappa shape index (κ1) is 15.2. The molecule has 0 spiro atoms. The number of halogens is 2. The molecule has 2 aromatic rings. The van der Waals surface area contributed by atoms with E-state index in [0.717, 1.165) is 0 Å². The summed E-state index contributed by atoms with van der Waals surface area (Å²) in [7, 11) is -2.16. The minimum atomic E-state index is -3.76. The van der Waals surface area contributed by atoms with Crippen LogP contribution in [0.25, 0.3) is 0 Å². The lowest BCUT2D eigenvalue weighted by atomic mass is 10.4. The van der Waals surface area contributed by atoms with Crippen molar-refractivity contribution in [2.75, 3.05) is 17.1 Å². The van der Waals surface area contributed by atoms with Crippen molar-refractivity contribution in [3.8, 4) is 0 Å². The average molecular weight is 422 g/mol. The number of aromatic nitrogens is 2. The maximum atomic E-state index is 12.4. The van der Waals surface area contributed by atoms with Crippen LogP contribution in [0.3, 0.4) is 0 Å². The van der Waals surface area contributed by atoms with Crippen molar-refractivity contribution >= 4 is 53.4 Å². The Labute approximate surface area is 133 Å². The zero-order valence-electron chi connectivity index (χ0n) is 10.3. The fourth-order valence-corrected chi connectivity index (χ4v) is 3.70. The number of sulfonamides is 1. The van der Waals surface area contributed by atoms with Crippen LogP contribution in [0, 0.1) is 0 Å². The van der Waals surface area contributed by atoms with Gasteiger partial charge in [-0.25, -0.2) is 13.4 Å². The van der Waals surface area contributed by atoms with Crippen molar-refractivity contribution < 1.29 is 8.42 Å². The zero-order chi connectivity index (χ0) is 14.8. The minimum absolute atomic E-state index is 0.0538. The van der Waals surface area contributed by atoms with E-state index in [4.69, 9.17) is 0 Å². The molecule has 0 atom stereocenters. The van der Waals surface area contributed by atoms with Crippen LogP contribution in [-0.4, -0.2) is 25.4 Å². The molecule has 0 aliphatic rings. The van der Waals surface area contributed by atoms with Gasteiger partial charge in [-0.2, -0.15) is 0 Å². The first-order chi connectivity index (χ1) is 9.44. The Morgan fingerprint density at radius 1 is 1.25 bits per heavy atom. The highest BCUT2D eigenvalue weighted by Gasteiger charge is 2.20. The Bertz CT molecular complexity index is 737. The van der Waals surface area contributed by atoms with E-state index in [0.29, 0.717) is 14.6 Å². The van der Waals surface area contributed by atoms with Gasteiger partial charge in [-0.3, -0.25) is 9.71 Å². The van der Waals surface area contributed by atoms with Crippen LogP contribution in [0.15, 0.2) is 44.6 Å². The standard InChI is InChI=1S/C11H10Br2N4O2S/c1-14-11-10(4-7(12)5-16-11)20(18,19)17-9-2-3-15-6-8(9)13/h2-6H,1H3,(H,14,16)(H,15,17). The third kappa shape index (κ3) is 3.28. The fourth-order valence-electron chi connectivity index (χ4n) is 1.47. The molecule has 6 nitrogen and oxygen atoms in total. The van der Waals surface area contributed by atoms with Gasteiger partial charge in [0, 0.05) is 30.1 Å². The summed E-state index contributed by atoms with van der Waals surface area (Å²) in [5.41, 5.74) is 0.405. The lowest BCUT2D eigenvalue weighted by molar-refractivity contribution is 0.601. The molecule has 0 amide bonds. The monoisotopic (exact) mass is 420 g/mol. The van der Waals surface area contributed by atoms with Crippen molar-refractivity contribution in [1.29, 1.82) is 0 Å². The lowest BCUT2D eigenvalue weighted by Crippen LogP contribution is -2.16. The molecular formula is C11H10Br2N4O2S. The fraction of sp³-hybridized carbons (Fsp3) is 0.0909. The van der Waals surface area contributed by atoms with Gasteiger partial charge in [0.1, 0.15) is 10.7 Å². The molecule has 2 N–H and O–H groups in total. The van der Waals surface area contributed by atoms with Crippen LogP contribution >= 0.6 is 31.9 Å². The minimum Gasteiger partial charge on any atom is -0.372 e. The van der Waals surface area contributed by atoms with E-state index >= 15 is 0 Å². The van der Waals surface area contributed by atoms with E-state index in [1.807, 2.05) is 0 Å². The Balaban J connectivity index is 2.46. The average Bonchev–Trinajstić information content (AvgIpc) is 2.41. The summed E-state index contributed by atoms with van der Waals surface area (Å²) in [6, 6.07) is 3.04. The van der Waals surface area contributed by atoms with E-state index in [2.05, 4.69) is 51.9 Å². The van der Waals surface area contributed by atoms with Gasteiger partial charge in [-0.1, -0.05) is 0 Å². The van der Waals surface area contributed by atoms with E-state index in [1.165, 1.54) is 24.7 Å². The summed E-state index contributed by atoms with van der Waals surface area (Å²) in [4.78, 5) is 7.96. The smallest absolute Gasteiger partial charge is 0.265 e. The largest absolute Gasteiger partial charge is 0.372 e. The van der Waals surface area contributed by atoms with Crippen LogP contribution < -0.4 is 10.0 Å². The normalized spacial score (nSPS) is 11.2. The Morgan fingerprint density at radius 2 is 2.00 bits per heavy atom. The SMILES string of the molecule is CNc1ncc(Br)cc1S(=O)(=O)Nc1ccncc1Br. The van der Waals surface area contributed by atoms with Crippen LogP contribution in [-0.2, 0) is 10.0 Å². The zero-order valence-corrected chi connectivity index (χ0v) is 14.3. The van der Waals surface area contributed by atoms with Gasteiger partial charge in [-0.05, 0) is 44.0 Å². The highest BCUT2D eigenvalue weighted by molar-refractivity contribution is 9.10. The molecule has 2 aromatic heterocycles. The number of rotatable bonds is 4. The number of hydrogen-bond acceptors (Lipinski definition) is 5. The molecule has 2 rings (SSSR count). The van der Waals surface area contributed by atoms with Crippen molar-refractivity contribution in [3.05, 3.63) is 39.7 Å². The predicted octanol–water partition coefficient (Wildman–Crippen LogP) is 2.84. The van der Waals surface area contributed by atoms with Crippen molar-refractivity contribution in [2.24, 2.45) is 0 Å². The summed E-state index contributed by atoms with van der Waals surface area (Å²) in [6.45, 7) is 0. The molecule has 2 heterocycles. The maximum Gasteiger partial charge on any atom is 0.265 e. The number of nitrogens with one attached hydrogen (secondary N) is 2. The van der Waals surface area contributed by atoms with Crippen molar-refractivity contribution in [1.82, 2.24) is 9.97 Å². The van der Waals surface area contributed by atoms with Gasteiger partial charge in [0.05, 0.1) is 10.2 Å². The first-order valence-corrected chi connectivity index (χ1v) is 8.46. The highest BCUT2D eigenvalue weighted by Crippen LogP contribution is 2.27. The van der Waals surface area contributed by atoms with Crippen LogP contribution in [0.2, 0.25) is 0 Å². The Kier molecular flexibility index (Phi) is 4.61. The van der Waals surface area contributed by atoms with E-state index in [-0.39, 0.29) is 10.7 Å². The molecule has 106 valence electrons. The summed E-state index contributed by atoms with van der Waals surface area (Å²) < 4.78 is 28.5. The van der Waals surface area contributed by atoms with Crippen LogP contribution in [0.5, 0.6) is 0 Å². The Hall–Kier alpha value is -1.19. The molecule has 0 bridgehead atoms. The molecular weight excluding hydrogens is 412 g/mol. The van der Waals surface area contributed by atoms with Gasteiger partial charge in [0.2, 0.25) is 0 Å². The van der Waals surface area contributed by atoms with Gasteiger partial charge >= 0.3 is 0 Å². The molecule has 0 saturated heterocycles. The number of nitrogens with zero attached hydrogens (tertiary/aromatic N) is 2. The second kappa shape index (κ2) is 6.06. The number of hydrogen-bond donors (Lipinski definition) is 2. The predicted molar refractivity (Wildman–Crippen MR) is 84.2 cm³/mol. The first-order valence-electron chi connectivity index (χ1n) is 5.39. The van der Waals surface area contributed by atoms with Gasteiger partial charge < -0.3 is 5.32 Å². The van der Waals surface area contributed by atoms with E-state index in [9.17, 15) is 8.42 Å². The van der Waals surface area contributed by atoms with Crippen molar-refractivity contribution in [3.63, 3.8) is 0 Å². The summed E-state index contributed by atoms with van der Waals surface area (Å²) >= 11 is 6.46. The second-order valence-corrected chi connectivity index (χ2v) is 7.13. The molecule has 0 aliphatic carbocycles. The quantitative estimate of drug-likeness (QED) is 0.792. The van der Waals surface area contributed by atoms with Crippen molar-refractivity contribution in [2.45, 2.75) is 4.90 Å². The molecule has 0 unspecified atom stereocenters. The van der Waals surface area contributed by atoms with Gasteiger partial charge in [-0.15, -0.1) is 0 Å². The molecule has 20 heavy (non-hydrogen) atoms. The second-order valence-electron chi connectivity index (χ2n) is 3.71. The molecule has 9 heteroatoms. The lowest BCUT2D eigenvalue weighted by Gasteiger charge is -2.12. The third-order valence-corrected chi connectivity index (χ3v) is 4.81. The topological polar surface area (TPSA) is 84.0 Å². The van der Waals surface area contributed by atoms with E-state index < -0.39 is 10.0 Å². The van der Waals surface area contributed by atoms with Gasteiger partial charge in [0.25, 0.3) is 10.0 Å². The molecule has 0 radical (unpaired) electrons. The molecule has 0 saturated carbocycles. The van der Waals surface area contributed by atoms with Crippen LogP contribution in [0.4, 0.5) is 11.5 Å². The summed E-state index contributed by atoms with van der Waals surface area (Å²) in [5, 5.41) is 2.75. The van der Waals surface area contributed by atoms with E-state index in [1.54, 1.807) is 13.1 Å².